The van der Waals surface area contributed by atoms with E-state index in [9.17, 15) is 0 Å². The van der Waals surface area contributed by atoms with Crippen molar-refractivity contribution >= 4 is 0 Å². The van der Waals surface area contributed by atoms with Crippen LogP contribution in [0.4, 0.5) is 0 Å². The lowest BCUT2D eigenvalue weighted by Crippen LogP contribution is -1.93. The molecule has 0 aliphatic rings. The average Bonchev–Trinajstić information content (AvgIpc) is 2.95. The van der Waals surface area contributed by atoms with Crippen molar-refractivity contribution in [3.63, 3.8) is 0 Å². The van der Waals surface area contributed by atoms with E-state index in [0.717, 1.165) is 23.2 Å². The van der Waals surface area contributed by atoms with E-state index >= 15 is 0 Å². The monoisotopic (exact) mass is 279 g/mol. The third kappa shape index (κ3) is 3.16. The van der Waals surface area contributed by atoms with Crippen LogP contribution in [-0.4, -0.2) is 15.2 Å². The zero-order valence-corrected chi connectivity index (χ0v) is 12.2. The van der Waals surface area contributed by atoms with Gasteiger partial charge in [-0.2, -0.15) is 0 Å². The van der Waals surface area contributed by atoms with Gasteiger partial charge < -0.3 is 4.42 Å². The molecule has 106 valence electrons. The van der Waals surface area contributed by atoms with Gasteiger partial charge in [0.15, 0.2) is 0 Å². The Labute approximate surface area is 123 Å². The summed E-state index contributed by atoms with van der Waals surface area (Å²) in [5.74, 6) is 1.24. The molecule has 0 spiro atoms. The molecule has 3 rings (SSSR count). The Bertz CT molecular complexity index is 735. The number of aromatic nitrogens is 3. The van der Waals surface area contributed by atoms with Crippen molar-refractivity contribution in [2.45, 2.75) is 26.7 Å². The first-order chi connectivity index (χ1) is 10.2. The summed E-state index contributed by atoms with van der Waals surface area (Å²) in [5.41, 5.74) is 4.40. The van der Waals surface area contributed by atoms with Gasteiger partial charge in [-0.1, -0.05) is 23.8 Å². The Balaban J connectivity index is 1.74. The van der Waals surface area contributed by atoms with E-state index in [-0.39, 0.29) is 0 Å². The minimum absolute atomic E-state index is 0.587. The second-order valence-corrected chi connectivity index (χ2v) is 5.14. The van der Waals surface area contributed by atoms with Crippen LogP contribution in [0.3, 0.4) is 0 Å². The summed E-state index contributed by atoms with van der Waals surface area (Å²) in [6, 6.07) is 12.1. The summed E-state index contributed by atoms with van der Waals surface area (Å²) in [4.78, 5) is 4.29. The lowest BCUT2D eigenvalue weighted by Gasteiger charge is -2.01. The largest absolute Gasteiger partial charge is 0.421 e. The number of aryl methyl sites for hydroxylation is 4. The molecule has 0 saturated heterocycles. The van der Waals surface area contributed by atoms with Crippen LogP contribution in [0.2, 0.25) is 0 Å². The van der Waals surface area contributed by atoms with Crippen LogP contribution in [0.5, 0.6) is 0 Å². The maximum atomic E-state index is 5.76. The van der Waals surface area contributed by atoms with Gasteiger partial charge in [-0.25, -0.2) is 0 Å². The van der Waals surface area contributed by atoms with Gasteiger partial charge in [0.2, 0.25) is 11.8 Å². The van der Waals surface area contributed by atoms with Crippen molar-refractivity contribution < 1.29 is 4.42 Å². The molecule has 0 amide bonds. The van der Waals surface area contributed by atoms with Gasteiger partial charge in [-0.3, -0.25) is 4.98 Å². The Morgan fingerprint density at radius 1 is 1.00 bits per heavy atom. The molecule has 0 bridgehead atoms. The van der Waals surface area contributed by atoms with Gasteiger partial charge in [0.25, 0.3) is 0 Å². The van der Waals surface area contributed by atoms with Crippen molar-refractivity contribution in [2.75, 3.05) is 0 Å². The SMILES string of the molecule is Cc1ccc(-c2nnc(CCc3ccccn3)o2)c(C)c1. The molecule has 21 heavy (non-hydrogen) atoms. The molecular weight excluding hydrogens is 262 g/mol. The van der Waals surface area contributed by atoms with E-state index in [1.54, 1.807) is 6.20 Å². The van der Waals surface area contributed by atoms with Crippen LogP contribution in [0.15, 0.2) is 47.0 Å². The van der Waals surface area contributed by atoms with Crippen LogP contribution in [0.1, 0.15) is 22.7 Å². The number of rotatable bonds is 4. The van der Waals surface area contributed by atoms with Crippen molar-refractivity contribution in [1.82, 2.24) is 15.2 Å². The highest BCUT2D eigenvalue weighted by molar-refractivity contribution is 5.58. The predicted molar refractivity (Wildman–Crippen MR) is 80.9 cm³/mol. The zero-order chi connectivity index (χ0) is 14.7. The van der Waals surface area contributed by atoms with E-state index in [2.05, 4.69) is 41.2 Å². The first kappa shape index (κ1) is 13.5. The van der Waals surface area contributed by atoms with Crippen LogP contribution in [0.25, 0.3) is 11.5 Å². The van der Waals surface area contributed by atoms with Gasteiger partial charge in [-0.05, 0) is 44.0 Å². The third-order valence-electron chi connectivity index (χ3n) is 3.40. The topological polar surface area (TPSA) is 51.8 Å². The summed E-state index contributed by atoms with van der Waals surface area (Å²) >= 11 is 0. The predicted octanol–water partition coefficient (Wildman–Crippen LogP) is 3.53. The molecule has 0 atom stereocenters. The van der Waals surface area contributed by atoms with Gasteiger partial charge >= 0.3 is 0 Å². The van der Waals surface area contributed by atoms with Crippen LogP contribution >= 0.6 is 0 Å². The minimum Gasteiger partial charge on any atom is -0.421 e. The second-order valence-electron chi connectivity index (χ2n) is 5.14. The zero-order valence-electron chi connectivity index (χ0n) is 12.2. The fourth-order valence-corrected chi connectivity index (χ4v) is 2.30. The molecule has 1 aromatic carbocycles. The smallest absolute Gasteiger partial charge is 0.247 e. The molecule has 0 N–H and O–H groups in total. The summed E-state index contributed by atoms with van der Waals surface area (Å²) in [5, 5.41) is 8.28. The Kier molecular flexibility index (Phi) is 3.77. The molecule has 3 aromatic rings. The highest BCUT2D eigenvalue weighted by Gasteiger charge is 2.11. The fraction of sp³-hybridized carbons (Fsp3) is 0.235. The Hall–Kier alpha value is -2.49. The van der Waals surface area contributed by atoms with E-state index < -0.39 is 0 Å². The normalized spacial score (nSPS) is 10.8. The number of benzene rings is 1. The van der Waals surface area contributed by atoms with Crippen molar-refractivity contribution in [3.8, 4) is 11.5 Å². The van der Waals surface area contributed by atoms with Gasteiger partial charge in [-0.15, -0.1) is 10.2 Å². The maximum absolute atomic E-state index is 5.76. The Morgan fingerprint density at radius 3 is 2.67 bits per heavy atom. The highest BCUT2D eigenvalue weighted by Crippen LogP contribution is 2.23. The lowest BCUT2D eigenvalue weighted by atomic mass is 10.1. The summed E-state index contributed by atoms with van der Waals surface area (Å²) in [6.45, 7) is 4.13. The first-order valence-electron chi connectivity index (χ1n) is 7.02. The van der Waals surface area contributed by atoms with Crippen LogP contribution in [0, 0.1) is 13.8 Å². The van der Waals surface area contributed by atoms with E-state index in [1.165, 1.54) is 5.56 Å². The molecule has 0 aliphatic heterocycles. The van der Waals surface area contributed by atoms with E-state index in [4.69, 9.17) is 4.42 Å². The molecule has 4 nitrogen and oxygen atoms in total. The van der Waals surface area contributed by atoms with E-state index in [1.807, 2.05) is 24.3 Å². The van der Waals surface area contributed by atoms with Crippen LogP contribution < -0.4 is 0 Å². The molecule has 0 saturated carbocycles. The number of pyridine rings is 1. The summed E-state index contributed by atoms with van der Waals surface area (Å²) < 4.78 is 5.76. The third-order valence-corrected chi connectivity index (χ3v) is 3.40. The Morgan fingerprint density at radius 2 is 1.90 bits per heavy atom. The van der Waals surface area contributed by atoms with Gasteiger partial charge in [0.05, 0.1) is 0 Å². The molecular formula is C17H17N3O. The number of hydrogen-bond donors (Lipinski definition) is 0. The molecule has 4 heteroatoms. The van der Waals surface area contributed by atoms with Crippen LogP contribution in [-0.2, 0) is 12.8 Å². The van der Waals surface area contributed by atoms with E-state index in [0.29, 0.717) is 18.2 Å². The molecule has 2 heterocycles. The molecule has 2 aromatic heterocycles. The second kappa shape index (κ2) is 5.87. The van der Waals surface area contributed by atoms with Crippen molar-refractivity contribution in [3.05, 3.63) is 65.3 Å². The van der Waals surface area contributed by atoms with Crippen molar-refractivity contribution in [1.29, 1.82) is 0 Å². The lowest BCUT2D eigenvalue weighted by molar-refractivity contribution is 0.503. The molecule has 0 unspecified atom stereocenters. The van der Waals surface area contributed by atoms with Gasteiger partial charge in [0.1, 0.15) is 0 Å². The summed E-state index contributed by atoms with van der Waals surface area (Å²) in [6.07, 6.45) is 3.30. The van der Waals surface area contributed by atoms with Gasteiger partial charge in [0, 0.05) is 23.9 Å². The molecule has 0 radical (unpaired) electrons. The number of hydrogen-bond acceptors (Lipinski definition) is 4. The average molecular weight is 279 g/mol. The fourth-order valence-electron chi connectivity index (χ4n) is 2.30. The quantitative estimate of drug-likeness (QED) is 0.733. The molecule has 0 fully saturated rings. The number of nitrogens with zero attached hydrogens (tertiary/aromatic N) is 3. The molecule has 0 aliphatic carbocycles. The maximum Gasteiger partial charge on any atom is 0.247 e. The first-order valence-corrected chi connectivity index (χ1v) is 7.02. The highest BCUT2D eigenvalue weighted by atomic mass is 16.4. The summed E-state index contributed by atoms with van der Waals surface area (Å²) in [7, 11) is 0. The minimum atomic E-state index is 0.587. The standard InChI is InChI=1S/C17H17N3O/c1-12-6-8-15(13(2)11-12)17-20-19-16(21-17)9-7-14-5-3-4-10-18-14/h3-6,8,10-11H,7,9H2,1-2H3. The van der Waals surface area contributed by atoms with Crippen molar-refractivity contribution in [2.24, 2.45) is 0 Å².